The predicted octanol–water partition coefficient (Wildman–Crippen LogP) is 6.33. The van der Waals surface area contributed by atoms with Crippen molar-refractivity contribution in [3.63, 3.8) is 0 Å². The Morgan fingerprint density at radius 2 is 1.17 bits per heavy atom. The first-order chi connectivity index (χ1) is 16.9. The average molecular weight is 507 g/mol. The van der Waals surface area contributed by atoms with Gasteiger partial charge >= 0.3 is 12.4 Å². The van der Waals surface area contributed by atoms with E-state index in [0.29, 0.717) is 12.1 Å². The van der Waals surface area contributed by atoms with Gasteiger partial charge in [0.1, 0.15) is 17.2 Å². The van der Waals surface area contributed by atoms with Gasteiger partial charge in [-0.25, -0.2) is 15.0 Å². The molecule has 1 aromatic heterocycles. The number of aromatic hydroxyl groups is 2. The smallest absolute Gasteiger partial charge is 0.416 e. The highest BCUT2D eigenvalue weighted by molar-refractivity contribution is 5.72. The number of rotatable bonds is 4. The van der Waals surface area contributed by atoms with E-state index in [1.165, 1.54) is 49.6 Å². The van der Waals surface area contributed by atoms with Crippen LogP contribution in [0.4, 0.5) is 26.3 Å². The van der Waals surface area contributed by atoms with E-state index in [0.717, 1.165) is 0 Å². The van der Waals surface area contributed by atoms with Crippen molar-refractivity contribution in [2.75, 3.05) is 7.11 Å². The molecule has 0 aliphatic heterocycles. The standard InChI is InChI=1S/C24H15F6N3O3/c1-36-15-6-7-17(19(35)11-15)22-32-20(31-21(33-22)16-4-2-3-5-18(16)34)12-8-13(23(25,26)27)10-14(9-12)24(28,29)30/h2-11,34-35H,1H3. The van der Waals surface area contributed by atoms with Gasteiger partial charge in [0.2, 0.25) is 0 Å². The average Bonchev–Trinajstić information content (AvgIpc) is 2.82. The van der Waals surface area contributed by atoms with Crippen LogP contribution in [-0.4, -0.2) is 32.3 Å². The molecule has 0 fully saturated rings. The third-order valence-corrected chi connectivity index (χ3v) is 5.07. The highest BCUT2D eigenvalue weighted by Gasteiger charge is 2.37. The molecule has 0 unspecified atom stereocenters. The summed E-state index contributed by atoms with van der Waals surface area (Å²) in [5.74, 6) is -1.42. The van der Waals surface area contributed by atoms with Gasteiger partial charge in [0.05, 0.1) is 29.4 Å². The Labute approximate surface area is 199 Å². The van der Waals surface area contributed by atoms with Crippen LogP contribution in [0.2, 0.25) is 0 Å². The highest BCUT2D eigenvalue weighted by atomic mass is 19.4. The van der Waals surface area contributed by atoms with Crippen LogP contribution in [0.15, 0.2) is 60.7 Å². The molecule has 36 heavy (non-hydrogen) atoms. The minimum absolute atomic E-state index is 0.000795. The van der Waals surface area contributed by atoms with Gasteiger partial charge in [0.25, 0.3) is 0 Å². The number of halogens is 6. The van der Waals surface area contributed by atoms with E-state index in [2.05, 4.69) is 15.0 Å². The lowest BCUT2D eigenvalue weighted by molar-refractivity contribution is -0.143. The molecule has 0 saturated carbocycles. The third kappa shape index (κ3) is 5.02. The Kier molecular flexibility index (Phi) is 6.21. The second-order valence-electron chi connectivity index (χ2n) is 7.50. The Bertz CT molecular complexity index is 1410. The minimum atomic E-state index is -5.08. The number of aromatic nitrogens is 3. The molecule has 4 rings (SSSR count). The molecule has 0 radical (unpaired) electrons. The number of phenols is 2. The number of benzene rings is 3. The van der Waals surface area contributed by atoms with Gasteiger partial charge in [-0.15, -0.1) is 0 Å². The molecule has 0 atom stereocenters. The summed E-state index contributed by atoms with van der Waals surface area (Å²) < 4.78 is 85.5. The largest absolute Gasteiger partial charge is 0.507 e. The second kappa shape index (κ2) is 9.02. The number of nitrogens with zero attached hydrogens (tertiary/aromatic N) is 3. The van der Waals surface area contributed by atoms with Gasteiger partial charge < -0.3 is 14.9 Å². The molecule has 0 saturated heterocycles. The van der Waals surface area contributed by atoms with Crippen molar-refractivity contribution in [1.82, 2.24) is 15.0 Å². The fourth-order valence-electron chi connectivity index (χ4n) is 3.32. The van der Waals surface area contributed by atoms with Crippen LogP contribution < -0.4 is 4.74 Å². The topological polar surface area (TPSA) is 88.4 Å². The lowest BCUT2D eigenvalue weighted by Crippen LogP contribution is -2.11. The van der Waals surface area contributed by atoms with Gasteiger partial charge in [-0.2, -0.15) is 26.3 Å². The van der Waals surface area contributed by atoms with Crippen molar-refractivity contribution in [1.29, 1.82) is 0 Å². The third-order valence-electron chi connectivity index (χ3n) is 5.07. The van der Waals surface area contributed by atoms with Crippen LogP contribution in [0.25, 0.3) is 34.2 Å². The molecule has 0 aliphatic rings. The number of phenolic OH excluding ortho intramolecular Hbond substituents is 2. The summed E-state index contributed by atoms with van der Waals surface area (Å²) in [4.78, 5) is 12.3. The maximum Gasteiger partial charge on any atom is 0.416 e. The maximum atomic E-state index is 13.4. The van der Waals surface area contributed by atoms with Crippen LogP contribution in [0, 0.1) is 0 Å². The molecule has 186 valence electrons. The quantitative estimate of drug-likeness (QED) is 0.314. The number of hydrogen-bond acceptors (Lipinski definition) is 6. The van der Waals surface area contributed by atoms with Gasteiger partial charge in [-0.1, -0.05) is 12.1 Å². The number of alkyl halides is 6. The van der Waals surface area contributed by atoms with Crippen molar-refractivity contribution in [3.8, 4) is 51.4 Å². The Morgan fingerprint density at radius 1 is 0.639 bits per heavy atom. The summed E-state index contributed by atoms with van der Waals surface area (Å²) in [5, 5.41) is 20.7. The molecule has 3 aromatic carbocycles. The Hall–Kier alpha value is -4.35. The summed E-state index contributed by atoms with van der Waals surface area (Å²) in [6.07, 6.45) is -10.2. The zero-order valence-corrected chi connectivity index (χ0v) is 18.2. The lowest BCUT2D eigenvalue weighted by atomic mass is 10.0. The normalized spacial score (nSPS) is 12.0. The number of methoxy groups -OCH3 is 1. The van der Waals surface area contributed by atoms with E-state index in [9.17, 15) is 36.6 Å². The van der Waals surface area contributed by atoms with E-state index < -0.39 is 34.9 Å². The summed E-state index contributed by atoms with van der Waals surface area (Å²) in [6.45, 7) is 0. The summed E-state index contributed by atoms with van der Waals surface area (Å²) in [5.41, 5.74) is -3.65. The molecule has 4 aromatic rings. The fourth-order valence-corrected chi connectivity index (χ4v) is 3.32. The van der Waals surface area contributed by atoms with Crippen molar-refractivity contribution in [2.24, 2.45) is 0 Å². The van der Waals surface area contributed by atoms with Crippen LogP contribution in [-0.2, 0) is 12.4 Å². The molecule has 0 amide bonds. The molecular weight excluding hydrogens is 492 g/mol. The molecule has 1 heterocycles. The zero-order valence-electron chi connectivity index (χ0n) is 18.2. The Morgan fingerprint density at radius 3 is 1.67 bits per heavy atom. The van der Waals surface area contributed by atoms with E-state index in [-0.39, 0.29) is 46.1 Å². The summed E-state index contributed by atoms with van der Waals surface area (Å²) in [6, 6.07) is 10.7. The molecule has 0 spiro atoms. The first kappa shape index (κ1) is 24.8. The molecule has 12 heteroatoms. The first-order valence-electron chi connectivity index (χ1n) is 10.1. The van der Waals surface area contributed by atoms with Crippen molar-refractivity contribution in [2.45, 2.75) is 12.4 Å². The summed E-state index contributed by atoms with van der Waals surface area (Å²) in [7, 11) is 1.36. The van der Waals surface area contributed by atoms with Crippen LogP contribution >= 0.6 is 0 Å². The van der Waals surface area contributed by atoms with Crippen molar-refractivity contribution in [3.05, 3.63) is 71.8 Å². The van der Waals surface area contributed by atoms with Gasteiger partial charge in [0.15, 0.2) is 17.5 Å². The molecular formula is C24H15F6N3O3. The number of ether oxygens (including phenoxy) is 1. The predicted molar refractivity (Wildman–Crippen MR) is 116 cm³/mol. The molecule has 0 aliphatic carbocycles. The van der Waals surface area contributed by atoms with E-state index in [1.54, 1.807) is 0 Å². The molecule has 0 bridgehead atoms. The minimum Gasteiger partial charge on any atom is -0.507 e. The Balaban J connectivity index is 2.01. The van der Waals surface area contributed by atoms with E-state index in [4.69, 9.17) is 4.74 Å². The molecule has 6 nitrogen and oxygen atoms in total. The van der Waals surface area contributed by atoms with E-state index in [1.807, 2.05) is 0 Å². The van der Waals surface area contributed by atoms with Crippen molar-refractivity contribution < 1.29 is 41.3 Å². The van der Waals surface area contributed by atoms with Gasteiger partial charge in [-0.3, -0.25) is 0 Å². The van der Waals surface area contributed by atoms with Gasteiger partial charge in [-0.05, 0) is 42.5 Å². The summed E-state index contributed by atoms with van der Waals surface area (Å²) >= 11 is 0. The zero-order chi connectivity index (χ0) is 26.3. The number of para-hydroxylation sites is 1. The lowest BCUT2D eigenvalue weighted by Gasteiger charge is -2.15. The fraction of sp³-hybridized carbons (Fsp3) is 0.125. The van der Waals surface area contributed by atoms with Crippen LogP contribution in [0.1, 0.15) is 11.1 Å². The SMILES string of the molecule is COc1ccc(-c2nc(-c3cc(C(F)(F)F)cc(C(F)(F)F)c3)nc(-c3ccccc3O)n2)c(O)c1. The second-order valence-corrected chi connectivity index (χ2v) is 7.50. The molecule has 2 N–H and O–H groups in total. The van der Waals surface area contributed by atoms with Crippen molar-refractivity contribution >= 4 is 0 Å². The maximum absolute atomic E-state index is 13.4. The number of hydrogen-bond donors (Lipinski definition) is 2. The van der Waals surface area contributed by atoms with E-state index >= 15 is 0 Å². The first-order valence-corrected chi connectivity index (χ1v) is 10.1. The van der Waals surface area contributed by atoms with Crippen LogP contribution in [0.3, 0.4) is 0 Å². The monoisotopic (exact) mass is 507 g/mol. The van der Waals surface area contributed by atoms with Crippen LogP contribution in [0.5, 0.6) is 17.2 Å². The highest BCUT2D eigenvalue weighted by Crippen LogP contribution is 2.39. The van der Waals surface area contributed by atoms with Gasteiger partial charge in [0, 0.05) is 11.6 Å².